The molecule has 0 radical (unpaired) electrons. The van der Waals surface area contributed by atoms with Crippen molar-refractivity contribution in [1.82, 2.24) is 4.90 Å². The number of aliphatic hydroxyl groups is 1. The largest absolute Gasteiger partial charge is 0.508 e. The van der Waals surface area contributed by atoms with Crippen molar-refractivity contribution in [2.75, 3.05) is 6.54 Å². The van der Waals surface area contributed by atoms with Crippen molar-refractivity contribution in [1.29, 1.82) is 5.41 Å². The summed E-state index contributed by atoms with van der Waals surface area (Å²) in [7, 11) is 0. The number of nitrogens with two attached hydrogens (primary N) is 1. The Labute approximate surface area is 220 Å². The summed E-state index contributed by atoms with van der Waals surface area (Å²) in [5, 5.41) is 26.5. The number of hydrogen-bond acceptors (Lipinski definition) is 5. The molecule has 0 spiro atoms. The van der Waals surface area contributed by atoms with Gasteiger partial charge in [0.25, 0.3) is 5.91 Å². The van der Waals surface area contributed by atoms with Crippen LogP contribution in [-0.4, -0.2) is 45.6 Å². The van der Waals surface area contributed by atoms with E-state index in [0.717, 1.165) is 18.2 Å². The number of halogens is 5. The Morgan fingerprint density at radius 3 is 2.05 bits per heavy atom. The number of hydrogen-bond donors (Lipinski definition) is 4. The normalized spacial score (nSPS) is 11.4. The van der Waals surface area contributed by atoms with Gasteiger partial charge < -0.3 is 26.3 Å². The van der Waals surface area contributed by atoms with Crippen molar-refractivity contribution in [2.24, 2.45) is 5.73 Å². The summed E-state index contributed by atoms with van der Waals surface area (Å²) in [6.07, 6.45) is -6.89. The summed E-state index contributed by atoms with van der Waals surface area (Å²) in [5.41, 5.74) is 5.31. The fraction of sp³-hybridized carbons (Fsp3) is 0.385. The first kappa shape index (κ1) is 36.0. The summed E-state index contributed by atoms with van der Waals surface area (Å²) in [4.78, 5) is 13.4. The molecule has 0 aromatic heterocycles. The maximum Gasteiger partial charge on any atom is 0.416 e. The van der Waals surface area contributed by atoms with Gasteiger partial charge in [-0.25, -0.2) is 4.39 Å². The van der Waals surface area contributed by atoms with E-state index in [4.69, 9.17) is 22.7 Å². The predicted octanol–water partition coefficient (Wildman–Crippen LogP) is 6.43. The first-order valence-electron chi connectivity index (χ1n) is 11.7. The number of allylic oxidation sites excluding steroid dienone is 1. The third kappa shape index (κ3) is 12.6. The van der Waals surface area contributed by atoms with Gasteiger partial charge in [-0.05, 0) is 42.0 Å². The molecule has 0 saturated heterocycles. The molecule has 1 amide bonds. The zero-order chi connectivity index (χ0) is 29.3. The maximum atomic E-state index is 13.3. The van der Waals surface area contributed by atoms with Gasteiger partial charge in [-0.1, -0.05) is 65.3 Å². The van der Waals surface area contributed by atoms with Gasteiger partial charge in [-0.15, -0.1) is 0 Å². The molecule has 37 heavy (non-hydrogen) atoms. The molecule has 0 aliphatic rings. The summed E-state index contributed by atoms with van der Waals surface area (Å²) < 4.78 is 51.7. The van der Waals surface area contributed by atoms with Crippen LogP contribution in [0.15, 0.2) is 54.2 Å². The van der Waals surface area contributed by atoms with Crippen molar-refractivity contribution < 1.29 is 32.6 Å². The Hall–Kier alpha value is -3.11. The molecule has 0 fully saturated rings. The molecule has 5 N–H and O–H groups in total. The number of benzene rings is 2. The van der Waals surface area contributed by atoms with E-state index in [2.05, 4.69) is 0 Å². The van der Waals surface area contributed by atoms with Gasteiger partial charge in [-0.2, -0.15) is 13.2 Å². The lowest BCUT2D eigenvalue weighted by Gasteiger charge is -2.26. The van der Waals surface area contributed by atoms with E-state index in [-0.39, 0.29) is 28.6 Å². The van der Waals surface area contributed by atoms with E-state index in [0.29, 0.717) is 10.5 Å². The second-order valence-corrected chi connectivity index (χ2v) is 6.96. The molecule has 0 bridgehead atoms. The Balaban J connectivity index is 0. The summed E-state index contributed by atoms with van der Waals surface area (Å²) in [6, 6.07) is 8.70. The summed E-state index contributed by atoms with van der Waals surface area (Å²) in [6.45, 7) is 10.5. The molecule has 1 unspecified atom stereocenters. The van der Waals surface area contributed by atoms with Crippen molar-refractivity contribution in [3.8, 4) is 5.75 Å². The summed E-state index contributed by atoms with van der Waals surface area (Å²) in [5.74, 6) is -1.86. The Morgan fingerprint density at radius 2 is 1.59 bits per heavy atom. The first-order chi connectivity index (χ1) is 17.4. The lowest BCUT2D eigenvalue weighted by molar-refractivity contribution is -0.208. The lowest BCUT2D eigenvalue weighted by Crippen LogP contribution is -2.44. The number of phenolic OH excluding ortho intramolecular Hbond substituents is 1. The van der Waals surface area contributed by atoms with Crippen molar-refractivity contribution >= 4 is 23.2 Å². The fourth-order valence-corrected chi connectivity index (χ4v) is 2.68. The van der Waals surface area contributed by atoms with Gasteiger partial charge in [0.2, 0.25) is 0 Å². The highest BCUT2D eigenvalue weighted by atomic mass is 35.5. The molecule has 1 atom stereocenters. The molecular formula is C26H36ClF4N3O3. The molecule has 2 rings (SSSR count). The van der Waals surface area contributed by atoms with E-state index in [9.17, 15) is 32.6 Å². The number of nitrogens with zero attached hydrogens (tertiary/aromatic N) is 1. The standard InChI is InChI=1S/C20H18ClF4N3O3.3C2H6/c21-14-7-12(3-6-15(14)22)16(26)8-17(27)19(31)28(10-18(30)20(23,24)25)9-11-1-4-13(29)5-2-11;3*1-2/h1-8,18,26,29-30H,9-10,27H2;3*1-2H3/b17-8-,26-16?;;;. The van der Waals surface area contributed by atoms with Crippen LogP contribution in [0.2, 0.25) is 5.02 Å². The second-order valence-electron chi connectivity index (χ2n) is 6.55. The van der Waals surface area contributed by atoms with Gasteiger partial charge in [0, 0.05) is 12.1 Å². The van der Waals surface area contributed by atoms with Crippen molar-refractivity contribution in [3.63, 3.8) is 0 Å². The monoisotopic (exact) mass is 549 g/mol. The van der Waals surface area contributed by atoms with Crippen LogP contribution in [0.25, 0.3) is 0 Å². The van der Waals surface area contributed by atoms with Gasteiger partial charge in [0.05, 0.1) is 23.0 Å². The minimum absolute atomic E-state index is 0.0808. The average molecular weight is 550 g/mol. The summed E-state index contributed by atoms with van der Waals surface area (Å²) >= 11 is 5.66. The van der Waals surface area contributed by atoms with E-state index in [1.54, 1.807) is 0 Å². The van der Waals surface area contributed by atoms with Gasteiger partial charge >= 0.3 is 6.18 Å². The predicted molar refractivity (Wildman–Crippen MR) is 140 cm³/mol. The Bertz CT molecular complexity index is 998. The molecule has 2 aromatic carbocycles. The number of aliphatic hydroxyl groups excluding tert-OH is 1. The molecule has 0 saturated carbocycles. The van der Waals surface area contributed by atoms with Gasteiger partial charge in [0.1, 0.15) is 11.6 Å². The highest BCUT2D eigenvalue weighted by molar-refractivity contribution is 6.31. The van der Waals surface area contributed by atoms with Crippen LogP contribution < -0.4 is 5.73 Å². The quantitative estimate of drug-likeness (QED) is 0.181. The first-order valence-corrected chi connectivity index (χ1v) is 12.1. The molecule has 0 heterocycles. The number of phenols is 1. The lowest BCUT2D eigenvalue weighted by atomic mass is 10.1. The number of carbonyl (C=O) groups is 1. The molecule has 6 nitrogen and oxygen atoms in total. The Kier molecular flexibility index (Phi) is 17.7. The fourth-order valence-electron chi connectivity index (χ4n) is 2.50. The number of amides is 1. The SMILES string of the molecule is CC.CC.CC.N=C(/C=C(\N)C(=O)N(Cc1ccc(O)cc1)CC(O)C(F)(F)F)c1ccc(F)c(Cl)c1. The molecule has 0 aliphatic carbocycles. The topological polar surface area (TPSA) is 111 Å². The van der Waals surface area contributed by atoms with Crippen LogP contribution in [0, 0.1) is 11.2 Å². The van der Waals surface area contributed by atoms with Crippen LogP contribution in [0.5, 0.6) is 5.75 Å². The van der Waals surface area contributed by atoms with Crippen molar-refractivity contribution in [2.45, 2.75) is 60.4 Å². The number of aromatic hydroxyl groups is 1. The molecule has 208 valence electrons. The average Bonchev–Trinajstić information content (AvgIpc) is 2.89. The van der Waals surface area contributed by atoms with Crippen LogP contribution >= 0.6 is 11.6 Å². The maximum absolute atomic E-state index is 13.3. The number of nitrogens with one attached hydrogen (secondary N) is 1. The second kappa shape index (κ2) is 18.2. The van der Waals surface area contributed by atoms with Crippen LogP contribution in [0.3, 0.4) is 0 Å². The number of carbonyl (C=O) groups excluding carboxylic acids is 1. The molecule has 11 heteroatoms. The van der Waals surface area contributed by atoms with Crippen LogP contribution in [0.1, 0.15) is 52.7 Å². The minimum Gasteiger partial charge on any atom is -0.508 e. The van der Waals surface area contributed by atoms with E-state index in [1.165, 1.54) is 30.3 Å². The third-order valence-corrected chi connectivity index (χ3v) is 4.44. The highest BCUT2D eigenvalue weighted by Crippen LogP contribution is 2.22. The third-order valence-electron chi connectivity index (χ3n) is 4.15. The minimum atomic E-state index is -4.97. The molecule has 2 aromatic rings. The zero-order valence-electron chi connectivity index (χ0n) is 21.8. The zero-order valence-corrected chi connectivity index (χ0v) is 22.6. The van der Waals surface area contributed by atoms with Crippen molar-refractivity contribution in [3.05, 3.63) is 76.2 Å². The van der Waals surface area contributed by atoms with E-state index >= 15 is 0 Å². The molecule has 0 aliphatic heterocycles. The number of alkyl halides is 3. The highest BCUT2D eigenvalue weighted by Gasteiger charge is 2.40. The van der Waals surface area contributed by atoms with Gasteiger partial charge in [0.15, 0.2) is 6.10 Å². The van der Waals surface area contributed by atoms with Gasteiger partial charge in [-0.3, -0.25) is 4.79 Å². The smallest absolute Gasteiger partial charge is 0.416 e. The Morgan fingerprint density at radius 1 is 1.08 bits per heavy atom. The molecular weight excluding hydrogens is 514 g/mol. The van der Waals surface area contributed by atoms with Crippen LogP contribution in [-0.2, 0) is 11.3 Å². The van der Waals surface area contributed by atoms with E-state index < -0.39 is 36.2 Å². The van der Waals surface area contributed by atoms with Crippen LogP contribution in [0.4, 0.5) is 17.6 Å². The number of rotatable bonds is 7. The van der Waals surface area contributed by atoms with E-state index in [1.807, 2.05) is 41.5 Å².